The van der Waals surface area contributed by atoms with Crippen LogP contribution in [0.25, 0.3) is 0 Å². The van der Waals surface area contributed by atoms with Gasteiger partial charge in [0.1, 0.15) is 0 Å². The summed E-state index contributed by atoms with van der Waals surface area (Å²) in [6.45, 7) is 4.13. The van der Waals surface area contributed by atoms with Crippen molar-refractivity contribution in [2.45, 2.75) is 39.2 Å². The summed E-state index contributed by atoms with van der Waals surface area (Å²) in [5.41, 5.74) is 0. The van der Waals surface area contributed by atoms with E-state index in [0.29, 0.717) is 11.8 Å². The minimum atomic E-state index is 0.194. The molecule has 1 rings (SSSR count). The number of hydrogen-bond acceptors (Lipinski definition) is 2. The molecule has 3 heteroatoms. The zero-order valence-corrected chi connectivity index (χ0v) is 9.32. The standard InChI is InChI=1S/C10H19NOS/c1-3-8(2)11-10(12)7-13-6-9-4-5-9/h8-9H,3-7H2,1-2H3,(H,11,12). The second kappa shape index (κ2) is 5.53. The van der Waals surface area contributed by atoms with Gasteiger partial charge in [-0.15, -0.1) is 0 Å². The summed E-state index contributed by atoms with van der Waals surface area (Å²) in [4.78, 5) is 11.3. The molecule has 0 radical (unpaired) electrons. The summed E-state index contributed by atoms with van der Waals surface area (Å²) in [6, 6.07) is 0.328. The van der Waals surface area contributed by atoms with Crippen molar-refractivity contribution >= 4 is 17.7 Å². The summed E-state index contributed by atoms with van der Waals surface area (Å²) < 4.78 is 0. The molecule has 76 valence electrons. The first kappa shape index (κ1) is 10.9. The molecule has 0 heterocycles. The van der Waals surface area contributed by atoms with E-state index in [1.54, 1.807) is 11.8 Å². The van der Waals surface area contributed by atoms with Crippen LogP contribution in [0, 0.1) is 5.92 Å². The Hall–Kier alpha value is -0.180. The lowest BCUT2D eigenvalue weighted by atomic mass is 10.3. The van der Waals surface area contributed by atoms with Crippen molar-refractivity contribution in [2.75, 3.05) is 11.5 Å². The molecule has 0 bridgehead atoms. The van der Waals surface area contributed by atoms with Crippen molar-refractivity contribution in [3.63, 3.8) is 0 Å². The van der Waals surface area contributed by atoms with Crippen LogP contribution in [0.5, 0.6) is 0 Å². The predicted molar refractivity (Wildman–Crippen MR) is 57.9 cm³/mol. The topological polar surface area (TPSA) is 29.1 Å². The Morgan fingerprint density at radius 2 is 2.31 bits per heavy atom. The van der Waals surface area contributed by atoms with Gasteiger partial charge in [-0.25, -0.2) is 0 Å². The Balaban J connectivity index is 1.96. The summed E-state index contributed by atoms with van der Waals surface area (Å²) in [5.74, 6) is 2.93. The number of hydrogen-bond donors (Lipinski definition) is 1. The fourth-order valence-electron chi connectivity index (χ4n) is 1.02. The molecule has 1 unspecified atom stereocenters. The molecule has 2 nitrogen and oxygen atoms in total. The summed E-state index contributed by atoms with van der Waals surface area (Å²) in [6.07, 6.45) is 3.76. The molecule has 1 saturated carbocycles. The van der Waals surface area contributed by atoms with Crippen molar-refractivity contribution in [3.8, 4) is 0 Å². The van der Waals surface area contributed by atoms with Gasteiger partial charge < -0.3 is 5.32 Å². The van der Waals surface area contributed by atoms with Gasteiger partial charge >= 0.3 is 0 Å². The van der Waals surface area contributed by atoms with E-state index < -0.39 is 0 Å². The van der Waals surface area contributed by atoms with Gasteiger partial charge in [0, 0.05) is 6.04 Å². The SMILES string of the molecule is CCC(C)NC(=O)CSCC1CC1. The van der Waals surface area contributed by atoms with Gasteiger partial charge in [0.2, 0.25) is 5.91 Å². The second-order valence-corrected chi connectivity index (χ2v) is 4.87. The molecule has 13 heavy (non-hydrogen) atoms. The number of carbonyl (C=O) groups is 1. The number of rotatable bonds is 6. The lowest BCUT2D eigenvalue weighted by molar-refractivity contribution is -0.119. The molecule has 0 aromatic rings. The zero-order chi connectivity index (χ0) is 9.68. The van der Waals surface area contributed by atoms with Crippen LogP contribution in [0.1, 0.15) is 33.1 Å². The molecule has 1 aliphatic carbocycles. The fraction of sp³-hybridized carbons (Fsp3) is 0.900. The van der Waals surface area contributed by atoms with E-state index in [1.165, 1.54) is 18.6 Å². The van der Waals surface area contributed by atoms with Crippen molar-refractivity contribution < 1.29 is 4.79 Å². The molecule has 1 fully saturated rings. The molecule has 1 N–H and O–H groups in total. The molecule has 0 aliphatic heterocycles. The van der Waals surface area contributed by atoms with E-state index in [-0.39, 0.29) is 5.91 Å². The van der Waals surface area contributed by atoms with Crippen LogP contribution < -0.4 is 5.32 Å². The first-order valence-electron chi connectivity index (χ1n) is 5.09. The van der Waals surface area contributed by atoms with Crippen molar-refractivity contribution in [1.82, 2.24) is 5.32 Å². The van der Waals surface area contributed by atoms with Crippen molar-refractivity contribution in [3.05, 3.63) is 0 Å². The third kappa shape index (κ3) is 5.19. The van der Waals surface area contributed by atoms with E-state index in [1.807, 2.05) is 6.92 Å². The molecule has 1 amide bonds. The molecular weight excluding hydrogens is 182 g/mol. The lowest BCUT2D eigenvalue weighted by Crippen LogP contribution is -2.33. The highest BCUT2D eigenvalue weighted by atomic mass is 32.2. The Bertz CT molecular complexity index is 168. The van der Waals surface area contributed by atoms with Gasteiger partial charge in [-0.05, 0) is 37.9 Å². The van der Waals surface area contributed by atoms with Crippen LogP contribution in [0.2, 0.25) is 0 Å². The maximum atomic E-state index is 11.3. The van der Waals surface area contributed by atoms with Crippen LogP contribution in [-0.2, 0) is 4.79 Å². The predicted octanol–water partition coefficient (Wildman–Crippen LogP) is 2.04. The van der Waals surface area contributed by atoms with E-state index in [4.69, 9.17) is 0 Å². The average Bonchev–Trinajstić information content (AvgIpc) is 2.88. The van der Waals surface area contributed by atoms with Crippen LogP contribution in [0.3, 0.4) is 0 Å². The van der Waals surface area contributed by atoms with E-state index in [0.717, 1.165) is 12.3 Å². The normalized spacial score (nSPS) is 18.3. The maximum absolute atomic E-state index is 11.3. The third-order valence-corrected chi connectivity index (χ3v) is 3.48. The van der Waals surface area contributed by atoms with Crippen LogP contribution in [-0.4, -0.2) is 23.5 Å². The van der Waals surface area contributed by atoms with Gasteiger partial charge in [-0.2, -0.15) is 11.8 Å². The van der Waals surface area contributed by atoms with Crippen LogP contribution >= 0.6 is 11.8 Å². The highest BCUT2D eigenvalue weighted by molar-refractivity contribution is 7.99. The molecule has 1 atom stereocenters. The molecule has 0 spiro atoms. The van der Waals surface area contributed by atoms with E-state index >= 15 is 0 Å². The lowest BCUT2D eigenvalue weighted by Gasteiger charge is -2.10. The minimum Gasteiger partial charge on any atom is -0.353 e. The Morgan fingerprint density at radius 1 is 1.62 bits per heavy atom. The van der Waals surface area contributed by atoms with Crippen molar-refractivity contribution in [1.29, 1.82) is 0 Å². The highest BCUT2D eigenvalue weighted by Gasteiger charge is 2.21. The van der Waals surface area contributed by atoms with E-state index in [2.05, 4.69) is 12.2 Å². The zero-order valence-electron chi connectivity index (χ0n) is 8.51. The van der Waals surface area contributed by atoms with Crippen molar-refractivity contribution in [2.24, 2.45) is 5.92 Å². The van der Waals surface area contributed by atoms with Gasteiger partial charge in [0.25, 0.3) is 0 Å². The largest absolute Gasteiger partial charge is 0.353 e. The quantitative estimate of drug-likeness (QED) is 0.712. The first-order chi connectivity index (χ1) is 6.22. The summed E-state index contributed by atoms with van der Waals surface area (Å²) in [5, 5.41) is 2.96. The molecule has 0 aromatic carbocycles. The van der Waals surface area contributed by atoms with Crippen LogP contribution in [0.15, 0.2) is 0 Å². The third-order valence-electron chi connectivity index (χ3n) is 2.30. The first-order valence-corrected chi connectivity index (χ1v) is 6.25. The molecule has 1 aliphatic rings. The number of thioether (sulfide) groups is 1. The summed E-state index contributed by atoms with van der Waals surface area (Å²) >= 11 is 1.77. The smallest absolute Gasteiger partial charge is 0.230 e. The van der Waals surface area contributed by atoms with Crippen LogP contribution in [0.4, 0.5) is 0 Å². The van der Waals surface area contributed by atoms with Gasteiger partial charge in [0.15, 0.2) is 0 Å². The molecule has 0 aromatic heterocycles. The number of nitrogens with one attached hydrogen (secondary N) is 1. The van der Waals surface area contributed by atoms with E-state index in [9.17, 15) is 4.79 Å². The Labute approximate surface area is 84.9 Å². The Morgan fingerprint density at radius 3 is 2.85 bits per heavy atom. The minimum absolute atomic E-state index is 0.194. The maximum Gasteiger partial charge on any atom is 0.230 e. The van der Waals surface area contributed by atoms with Gasteiger partial charge in [0.05, 0.1) is 5.75 Å². The van der Waals surface area contributed by atoms with Gasteiger partial charge in [-0.3, -0.25) is 4.79 Å². The Kier molecular flexibility index (Phi) is 4.64. The highest BCUT2D eigenvalue weighted by Crippen LogP contribution is 2.32. The average molecular weight is 201 g/mol. The van der Waals surface area contributed by atoms with Gasteiger partial charge in [-0.1, -0.05) is 6.92 Å². The number of carbonyl (C=O) groups excluding carboxylic acids is 1. The molecular formula is C10H19NOS. The fourth-order valence-corrected chi connectivity index (χ4v) is 2.07. The monoisotopic (exact) mass is 201 g/mol. The molecule has 0 saturated heterocycles. The number of amides is 1. The summed E-state index contributed by atoms with van der Waals surface area (Å²) in [7, 11) is 0. The second-order valence-electron chi connectivity index (χ2n) is 3.84.